The van der Waals surface area contributed by atoms with Crippen LogP contribution in [0.5, 0.6) is 0 Å². The quantitative estimate of drug-likeness (QED) is 0.799. The first-order valence-electron chi connectivity index (χ1n) is 7.53. The summed E-state index contributed by atoms with van der Waals surface area (Å²) >= 11 is 0. The van der Waals surface area contributed by atoms with Crippen molar-refractivity contribution in [3.63, 3.8) is 0 Å². The molecule has 2 aromatic carbocycles. The van der Waals surface area contributed by atoms with Gasteiger partial charge in [0.05, 0.1) is 10.6 Å². The number of hydrogen-bond donors (Lipinski definition) is 1. The van der Waals surface area contributed by atoms with Crippen LogP contribution in [-0.4, -0.2) is 13.4 Å². The average Bonchev–Trinajstić information content (AvgIpc) is 3.10. The zero-order valence-electron chi connectivity index (χ0n) is 12.7. The van der Waals surface area contributed by atoms with Crippen LogP contribution in [0.2, 0.25) is 0 Å². The molecule has 5 nitrogen and oxygen atoms in total. The minimum atomic E-state index is -3.61. The number of nitrogens with one attached hydrogen (secondary N) is 1. The summed E-state index contributed by atoms with van der Waals surface area (Å²) in [5.74, 6) is 0.554. The lowest BCUT2D eigenvalue weighted by molar-refractivity contribution is 0.561. The number of nitrogens with zero attached hydrogens (tertiary/aromatic N) is 1. The highest BCUT2D eigenvalue weighted by Crippen LogP contribution is 2.26. The highest BCUT2D eigenvalue weighted by atomic mass is 32.2. The first kappa shape index (κ1) is 14.3. The van der Waals surface area contributed by atoms with Crippen LogP contribution >= 0.6 is 0 Å². The average molecular weight is 328 g/mol. The summed E-state index contributed by atoms with van der Waals surface area (Å²) in [5.41, 5.74) is 4.14. The van der Waals surface area contributed by atoms with E-state index in [2.05, 4.69) is 9.71 Å². The molecule has 3 aromatic rings. The van der Waals surface area contributed by atoms with Crippen LogP contribution in [-0.2, 0) is 22.9 Å². The van der Waals surface area contributed by atoms with Crippen LogP contribution in [0, 0.1) is 6.92 Å². The molecule has 6 heteroatoms. The summed E-state index contributed by atoms with van der Waals surface area (Å²) in [7, 11) is -3.61. The highest BCUT2D eigenvalue weighted by molar-refractivity contribution is 7.92. The summed E-state index contributed by atoms with van der Waals surface area (Å²) in [5, 5.41) is 0. The van der Waals surface area contributed by atoms with Crippen molar-refractivity contribution < 1.29 is 12.8 Å². The largest absolute Gasteiger partial charge is 0.441 e. The Morgan fingerprint density at radius 2 is 1.91 bits per heavy atom. The molecule has 0 spiro atoms. The SMILES string of the molecule is Cc1nc2cc(NS(=O)(=O)c3ccc4c(c3)CCC4)ccc2o1. The van der Waals surface area contributed by atoms with Gasteiger partial charge in [-0.25, -0.2) is 13.4 Å². The first-order chi connectivity index (χ1) is 11.0. The number of oxazole rings is 1. The minimum absolute atomic E-state index is 0.301. The van der Waals surface area contributed by atoms with E-state index in [-0.39, 0.29) is 0 Å². The zero-order chi connectivity index (χ0) is 16.0. The van der Waals surface area contributed by atoms with Gasteiger partial charge < -0.3 is 4.42 Å². The van der Waals surface area contributed by atoms with Gasteiger partial charge in [-0.05, 0) is 60.7 Å². The molecule has 1 N–H and O–H groups in total. The van der Waals surface area contributed by atoms with E-state index in [0.29, 0.717) is 27.6 Å². The highest BCUT2D eigenvalue weighted by Gasteiger charge is 2.19. The molecule has 0 saturated carbocycles. The van der Waals surface area contributed by atoms with Crippen LogP contribution < -0.4 is 4.72 Å². The van der Waals surface area contributed by atoms with Gasteiger partial charge in [-0.2, -0.15) is 0 Å². The lowest BCUT2D eigenvalue weighted by Crippen LogP contribution is -2.13. The van der Waals surface area contributed by atoms with Crippen molar-refractivity contribution in [3.05, 3.63) is 53.4 Å². The lowest BCUT2D eigenvalue weighted by atomic mass is 10.1. The van der Waals surface area contributed by atoms with Gasteiger partial charge in [0.15, 0.2) is 11.5 Å². The van der Waals surface area contributed by atoms with E-state index in [9.17, 15) is 8.42 Å². The van der Waals surface area contributed by atoms with Crippen molar-refractivity contribution in [1.82, 2.24) is 4.98 Å². The molecule has 118 valence electrons. The van der Waals surface area contributed by atoms with E-state index < -0.39 is 10.0 Å². The number of hydrogen-bond acceptors (Lipinski definition) is 4. The van der Waals surface area contributed by atoms with E-state index in [4.69, 9.17) is 4.42 Å². The first-order valence-corrected chi connectivity index (χ1v) is 9.01. The number of sulfonamides is 1. The number of anilines is 1. The molecule has 4 rings (SSSR count). The molecule has 0 unspecified atom stereocenters. The van der Waals surface area contributed by atoms with Gasteiger partial charge in [0.25, 0.3) is 10.0 Å². The maximum absolute atomic E-state index is 12.6. The second-order valence-corrected chi connectivity index (χ2v) is 7.49. The number of aryl methyl sites for hydroxylation is 3. The molecule has 23 heavy (non-hydrogen) atoms. The summed E-state index contributed by atoms with van der Waals surface area (Å²) < 4.78 is 33.2. The molecule has 0 fully saturated rings. The van der Waals surface area contributed by atoms with E-state index in [1.165, 1.54) is 5.56 Å². The van der Waals surface area contributed by atoms with Crippen LogP contribution in [0.15, 0.2) is 45.7 Å². The Kier molecular flexibility index (Phi) is 3.16. The lowest BCUT2D eigenvalue weighted by Gasteiger charge is -2.09. The molecule has 1 aliphatic rings. The molecule has 0 saturated heterocycles. The van der Waals surface area contributed by atoms with E-state index in [0.717, 1.165) is 24.8 Å². The van der Waals surface area contributed by atoms with Gasteiger partial charge in [-0.1, -0.05) is 6.07 Å². The number of benzene rings is 2. The minimum Gasteiger partial charge on any atom is -0.441 e. The van der Waals surface area contributed by atoms with Gasteiger partial charge in [-0.3, -0.25) is 4.72 Å². The van der Waals surface area contributed by atoms with Gasteiger partial charge in [0.1, 0.15) is 5.52 Å². The predicted molar refractivity (Wildman–Crippen MR) is 88.0 cm³/mol. The van der Waals surface area contributed by atoms with Crippen LogP contribution in [0.1, 0.15) is 23.4 Å². The molecule has 0 radical (unpaired) electrons. The Labute approximate surface area is 134 Å². The van der Waals surface area contributed by atoms with Crippen molar-refractivity contribution in [2.24, 2.45) is 0 Å². The topological polar surface area (TPSA) is 72.2 Å². The van der Waals surface area contributed by atoms with Crippen LogP contribution in [0.4, 0.5) is 5.69 Å². The second-order valence-electron chi connectivity index (χ2n) is 5.80. The van der Waals surface area contributed by atoms with Crippen LogP contribution in [0.25, 0.3) is 11.1 Å². The third-order valence-corrected chi connectivity index (χ3v) is 5.51. The molecule has 0 amide bonds. The standard InChI is InChI=1S/C17H16N2O3S/c1-11-18-16-10-14(6-8-17(16)22-11)19-23(20,21)15-7-5-12-3-2-4-13(12)9-15/h5-10,19H,2-4H2,1H3. The second kappa shape index (κ2) is 5.09. The van der Waals surface area contributed by atoms with Gasteiger partial charge in [-0.15, -0.1) is 0 Å². The molecular weight excluding hydrogens is 312 g/mol. The van der Waals surface area contributed by atoms with Gasteiger partial charge >= 0.3 is 0 Å². The van der Waals surface area contributed by atoms with Gasteiger partial charge in [0, 0.05) is 6.92 Å². The van der Waals surface area contributed by atoms with E-state index >= 15 is 0 Å². The maximum atomic E-state index is 12.6. The predicted octanol–water partition coefficient (Wildman–Crippen LogP) is 3.43. The van der Waals surface area contributed by atoms with E-state index in [1.807, 2.05) is 6.07 Å². The third-order valence-electron chi connectivity index (χ3n) is 4.13. The monoisotopic (exact) mass is 328 g/mol. The molecule has 1 heterocycles. The summed E-state index contributed by atoms with van der Waals surface area (Å²) in [6, 6.07) is 10.4. The van der Waals surface area contributed by atoms with Crippen molar-refractivity contribution in [2.75, 3.05) is 4.72 Å². The molecule has 1 aliphatic carbocycles. The summed E-state index contributed by atoms with van der Waals surface area (Å²) in [4.78, 5) is 4.52. The summed E-state index contributed by atoms with van der Waals surface area (Å²) in [6.07, 6.45) is 3.07. The summed E-state index contributed by atoms with van der Waals surface area (Å²) in [6.45, 7) is 1.76. The molecule has 0 atom stereocenters. The fourth-order valence-corrected chi connectivity index (χ4v) is 4.14. The van der Waals surface area contributed by atoms with E-state index in [1.54, 1.807) is 37.3 Å². The maximum Gasteiger partial charge on any atom is 0.261 e. The Bertz CT molecular complexity index is 1010. The fourth-order valence-electron chi connectivity index (χ4n) is 3.04. The molecule has 1 aromatic heterocycles. The number of aromatic nitrogens is 1. The molecule has 0 aliphatic heterocycles. The fraction of sp³-hybridized carbons (Fsp3) is 0.235. The molecular formula is C17H16N2O3S. The van der Waals surface area contributed by atoms with Crippen molar-refractivity contribution in [2.45, 2.75) is 31.1 Å². The Balaban J connectivity index is 1.67. The third kappa shape index (κ3) is 2.59. The Hall–Kier alpha value is -2.34. The van der Waals surface area contributed by atoms with Gasteiger partial charge in [0.2, 0.25) is 0 Å². The Morgan fingerprint density at radius 3 is 2.78 bits per heavy atom. The van der Waals surface area contributed by atoms with Crippen molar-refractivity contribution >= 4 is 26.8 Å². The number of rotatable bonds is 3. The number of fused-ring (bicyclic) bond motifs is 2. The normalized spacial score (nSPS) is 14.1. The van der Waals surface area contributed by atoms with Crippen LogP contribution in [0.3, 0.4) is 0 Å². The van der Waals surface area contributed by atoms with Crippen molar-refractivity contribution in [3.8, 4) is 0 Å². The Morgan fingerprint density at radius 1 is 1.09 bits per heavy atom. The van der Waals surface area contributed by atoms with Crippen molar-refractivity contribution in [1.29, 1.82) is 0 Å². The molecule has 0 bridgehead atoms. The smallest absolute Gasteiger partial charge is 0.261 e. The zero-order valence-corrected chi connectivity index (χ0v) is 13.5.